The van der Waals surface area contributed by atoms with Gasteiger partial charge in [0.15, 0.2) is 0 Å². The van der Waals surface area contributed by atoms with Crippen molar-refractivity contribution in [2.24, 2.45) is 0 Å². The summed E-state index contributed by atoms with van der Waals surface area (Å²) in [4.78, 5) is 13.3. The summed E-state index contributed by atoms with van der Waals surface area (Å²) < 4.78 is 0. The van der Waals surface area contributed by atoms with Crippen molar-refractivity contribution in [2.45, 2.75) is 20.3 Å². The van der Waals surface area contributed by atoms with E-state index in [9.17, 15) is 4.79 Å². The SMILES string of the molecule is CCN(CC)CCNC(=O)CCS. The van der Waals surface area contributed by atoms with Gasteiger partial charge < -0.3 is 10.2 Å². The molecule has 0 radical (unpaired) electrons. The van der Waals surface area contributed by atoms with E-state index in [0.717, 1.165) is 26.2 Å². The number of carbonyl (C=O) groups excluding carboxylic acids is 1. The van der Waals surface area contributed by atoms with Gasteiger partial charge in [-0.2, -0.15) is 12.6 Å². The smallest absolute Gasteiger partial charge is 0.220 e. The number of amides is 1. The molecule has 0 bridgehead atoms. The minimum absolute atomic E-state index is 0.0992. The molecular formula is C9H20N2OS. The van der Waals surface area contributed by atoms with Gasteiger partial charge in [0.05, 0.1) is 0 Å². The van der Waals surface area contributed by atoms with Crippen molar-refractivity contribution in [3.63, 3.8) is 0 Å². The summed E-state index contributed by atoms with van der Waals surface area (Å²) in [7, 11) is 0. The Morgan fingerprint density at radius 3 is 2.46 bits per heavy atom. The lowest BCUT2D eigenvalue weighted by Gasteiger charge is -2.17. The number of hydrogen-bond donors (Lipinski definition) is 2. The minimum atomic E-state index is 0.0992. The fourth-order valence-corrected chi connectivity index (χ4v) is 1.29. The summed E-state index contributed by atoms with van der Waals surface area (Å²) in [6.45, 7) is 8.01. The summed E-state index contributed by atoms with van der Waals surface area (Å²) in [5.74, 6) is 0.721. The van der Waals surface area contributed by atoms with Crippen LogP contribution in [-0.4, -0.2) is 42.7 Å². The van der Waals surface area contributed by atoms with Crippen LogP contribution in [0.5, 0.6) is 0 Å². The maximum Gasteiger partial charge on any atom is 0.220 e. The Hall–Kier alpha value is -0.220. The molecule has 1 amide bonds. The molecule has 3 nitrogen and oxygen atoms in total. The molecule has 0 aliphatic carbocycles. The molecule has 0 aliphatic rings. The van der Waals surface area contributed by atoms with E-state index in [-0.39, 0.29) is 5.91 Å². The molecule has 0 aromatic carbocycles. The molecule has 0 saturated heterocycles. The van der Waals surface area contributed by atoms with Crippen molar-refractivity contribution in [3.05, 3.63) is 0 Å². The lowest BCUT2D eigenvalue weighted by atomic mass is 10.4. The number of carbonyl (C=O) groups is 1. The zero-order valence-corrected chi connectivity index (χ0v) is 9.44. The zero-order chi connectivity index (χ0) is 10.1. The van der Waals surface area contributed by atoms with Crippen LogP contribution in [-0.2, 0) is 4.79 Å². The highest BCUT2D eigenvalue weighted by Crippen LogP contribution is 1.86. The second-order valence-electron chi connectivity index (χ2n) is 2.85. The van der Waals surface area contributed by atoms with Crippen LogP contribution in [0.4, 0.5) is 0 Å². The Balaban J connectivity index is 3.37. The second-order valence-corrected chi connectivity index (χ2v) is 3.30. The first-order valence-corrected chi connectivity index (χ1v) is 5.47. The molecule has 13 heavy (non-hydrogen) atoms. The third-order valence-electron chi connectivity index (χ3n) is 1.98. The fourth-order valence-electron chi connectivity index (χ4n) is 1.08. The van der Waals surface area contributed by atoms with E-state index in [1.807, 2.05) is 0 Å². The molecule has 0 unspecified atom stereocenters. The Morgan fingerprint density at radius 2 is 2.00 bits per heavy atom. The molecule has 0 fully saturated rings. The van der Waals surface area contributed by atoms with Crippen LogP contribution in [0.25, 0.3) is 0 Å². The maximum atomic E-state index is 11.0. The summed E-state index contributed by atoms with van der Waals surface area (Å²) in [5, 5.41) is 2.85. The second kappa shape index (κ2) is 8.38. The van der Waals surface area contributed by atoms with Crippen LogP contribution in [0.15, 0.2) is 0 Å². The monoisotopic (exact) mass is 204 g/mol. The Kier molecular flexibility index (Phi) is 8.24. The average molecular weight is 204 g/mol. The van der Waals surface area contributed by atoms with Crippen LogP contribution >= 0.6 is 12.6 Å². The Labute approximate surface area is 86.3 Å². The Bertz CT molecular complexity index is 138. The standard InChI is InChI=1S/C9H20N2OS/c1-3-11(4-2)7-6-10-9(12)5-8-13/h13H,3-8H2,1-2H3,(H,10,12). The zero-order valence-electron chi connectivity index (χ0n) is 8.55. The highest BCUT2D eigenvalue weighted by Gasteiger charge is 2.00. The van der Waals surface area contributed by atoms with E-state index in [1.54, 1.807) is 0 Å². The Morgan fingerprint density at radius 1 is 1.38 bits per heavy atom. The highest BCUT2D eigenvalue weighted by atomic mass is 32.1. The average Bonchev–Trinajstić information content (AvgIpc) is 2.13. The molecule has 78 valence electrons. The lowest BCUT2D eigenvalue weighted by Crippen LogP contribution is -2.34. The van der Waals surface area contributed by atoms with E-state index in [2.05, 4.69) is 36.7 Å². The van der Waals surface area contributed by atoms with Crippen molar-refractivity contribution < 1.29 is 4.79 Å². The third kappa shape index (κ3) is 6.90. The van der Waals surface area contributed by atoms with Gasteiger partial charge in [-0.3, -0.25) is 4.79 Å². The van der Waals surface area contributed by atoms with Gasteiger partial charge in [-0.15, -0.1) is 0 Å². The van der Waals surface area contributed by atoms with Gasteiger partial charge in [-0.05, 0) is 18.8 Å². The third-order valence-corrected chi connectivity index (χ3v) is 2.21. The van der Waals surface area contributed by atoms with Crippen LogP contribution in [0.2, 0.25) is 0 Å². The number of thiol groups is 1. The van der Waals surface area contributed by atoms with Gasteiger partial charge in [-0.25, -0.2) is 0 Å². The quantitative estimate of drug-likeness (QED) is 0.600. The van der Waals surface area contributed by atoms with Gasteiger partial charge in [-0.1, -0.05) is 13.8 Å². The summed E-state index contributed by atoms with van der Waals surface area (Å²) in [6, 6.07) is 0. The van der Waals surface area contributed by atoms with Crippen LogP contribution < -0.4 is 5.32 Å². The molecule has 1 N–H and O–H groups in total. The molecule has 4 heteroatoms. The van der Waals surface area contributed by atoms with Crippen LogP contribution in [0.1, 0.15) is 20.3 Å². The van der Waals surface area contributed by atoms with Gasteiger partial charge in [0.2, 0.25) is 5.91 Å². The number of nitrogens with zero attached hydrogens (tertiary/aromatic N) is 1. The van der Waals surface area contributed by atoms with Gasteiger partial charge in [0, 0.05) is 19.5 Å². The van der Waals surface area contributed by atoms with Crippen molar-refractivity contribution in [2.75, 3.05) is 31.9 Å². The van der Waals surface area contributed by atoms with E-state index < -0.39 is 0 Å². The molecule has 0 aromatic rings. The minimum Gasteiger partial charge on any atom is -0.355 e. The van der Waals surface area contributed by atoms with E-state index >= 15 is 0 Å². The molecule has 0 heterocycles. The van der Waals surface area contributed by atoms with Crippen LogP contribution in [0.3, 0.4) is 0 Å². The van der Waals surface area contributed by atoms with Crippen molar-refractivity contribution in [3.8, 4) is 0 Å². The summed E-state index contributed by atoms with van der Waals surface area (Å²) in [6.07, 6.45) is 0.515. The summed E-state index contributed by atoms with van der Waals surface area (Å²) in [5.41, 5.74) is 0. The van der Waals surface area contributed by atoms with E-state index in [4.69, 9.17) is 0 Å². The normalized spacial score (nSPS) is 10.5. The molecular weight excluding hydrogens is 184 g/mol. The van der Waals surface area contributed by atoms with E-state index in [1.165, 1.54) is 0 Å². The molecule has 0 saturated carbocycles. The molecule has 0 atom stereocenters. The predicted octanol–water partition coefficient (Wildman–Crippen LogP) is 0.764. The van der Waals surface area contributed by atoms with Gasteiger partial charge in [0.1, 0.15) is 0 Å². The molecule has 0 aliphatic heterocycles. The maximum absolute atomic E-state index is 11.0. The van der Waals surface area contributed by atoms with Crippen molar-refractivity contribution in [1.29, 1.82) is 0 Å². The number of hydrogen-bond acceptors (Lipinski definition) is 3. The van der Waals surface area contributed by atoms with Gasteiger partial charge >= 0.3 is 0 Å². The van der Waals surface area contributed by atoms with Crippen LogP contribution in [0, 0.1) is 0 Å². The first-order chi connectivity index (χ1) is 6.24. The molecule has 0 aromatic heterocycles. The predicted molar refractivity (Wildman–Crippen MR) is 59.3 cm³/mol. The number of rotatable bonds is 7. The fraction of sp³-hybridized carbons (Fsp3) is 0.889. The largest absolute Gasteiger partial charge is 0.355 e. The topological polar surface area (TPSA) is 32.3 Å². The van der Waals surface area contributed by atoms with E-state index in [0.29, 0.717) is 12.2 Å². The van der Waals surface area contributed by atoms with Gasteiger partial charge in [0.25, 0.3) is 0 Å². The van der Waals surface area contributed by atoms with Crippen molar-refractivity contribution >= 4 is 18.5 Å². The summed E-state index contributed by atoms with van der Waals surface area (Å²) >= 11 is 3.99. The highest BCUT2D eigenvalue weighted by molar-refractivity contribution is 7.80. The first kappa shape index (κ1) is 12.8. The number of likely N-dealkylation sites (N-methyl/N-ethyl adjacent to an activating group) is 1. The lowest BCUT2D eigenvalue weighted by molar-refractivity contribution is -0.120. The number of nitrogens with one attached hydrogen (secondary N) is 1. The first-order valence-electron chi connectivity index (χ1n) is 4.84. The van der Waals surface area contributed by atoms with Crippen molar-refractivity contribution in [1.82, 2.24) is 10.2 Å². The molecule has 0 rings (SSSR count). The molecule has 0 spiro atoms.